The number of piperazine rings is 1. The van der Waals surface area contributed by atoms with Crippen LogP contribution >= 0.6 is 0 Å². The summed E-state index contributed by atoms with van der Waals surface area (Å²) in [6, 6.07) is 0. The molecule has 2 fully saturated rings. The molecule has 0 bridgehead atoms. The lowest BCUT2D eigenvalue weighted by Crippen LogP contribution is -2.65. The third-order valence-corrected chi connectivity index (χ3v) is 4.81. The second-order valence-electron chi connectivity index (χ2n) is 5.93. The Morgan fingerprint density at radius 2 is 2.00 bits per heavy atom. The van der Waals surface area contributed by atoms with E-state index in [-0.39, 0.29) is 11.5 Å². The zero-order valence-corrected chi connectivity index (χ0v) is 11.9. The van der Waals surface area contributed by atoms with Crippen molar-refractivity contribution in [1.29, 1.82) is 0 Å². The normalized spacial score (nSPS) is 38.4. The van der Waals surface area contributed by atoms with Gasteiger partial charge in [0.2, 0.25) is 0 Å². The van der Waals surface area contributed by atoms with E-state index in [1.54, 1.807) is 0 Å². The van der Waals surface area contributed by atoms with Crippen LogP contribution in [0.15, 0.2) is 0 Å². The lowest BCUT2D eigenvalue weighted by Gasteiger charge is -2.50. The Morgan fingerprint density at radius 1 is 1.33 bits per heavy atom. The third-order valence-electron chi connectivity index (χ3n) is 4.81. The van der Waals surface area contributed by atoms with Crippen LogP contribution in [0.2, 0.25) is 0 Å². The Kier molecular flexibility index (Phi) is 4.28. The molecule has 1 saturated heterocycles. The molecule has 0 amide bonds. The molecule has 3 unspecified atom stereocenters. The van der Waals surface area contributed by atoms with E-state index in [9.17, 15) is 4.79 Å². The second kappa shape index (κ2) is 5.57. The summed E-state index contributed by atoms with van der Waals surface area (Å²) in [5.41, 5.74) is -0.372. The molecule has 0 aromatic rings. The van der Waals surface area contributed by atoms with E-state index in [1.165, 1.54) is 7.11 Å². The van der Waals surface area contributed by atoms with E-state index in [2.05, 4.69) is 24.1 Å². The van der Waals surface area contributed by atoms with Crippen molar-refractivity contribution in [1.82, 2.24) is 10.2 Å². The molecule has 4 heteroatoms. The maximum Gasteiger partial charge on any atom is 0.326 e. The first-order chi connectivity index (χ1) is 8.61. The Morgan fingerprint density at radius 3 is 2.56 bits per heavy atom. The highest BCUT2D eigenvalue weighted by Gasteiger charge is 2.51. The first-order valence-corrected chi connectivity index (χ1v) is 7.15. The molecule has 1 aliphatic heterocycles. The van der Waals surface area contributed by atoms with Crippen LogP contribution in [0.5, 0.6) is 0 Å². The average Bonchev–Trinajstić information content (AvgIpc) is 2.39. The highest BCUT2D eigenvalue weighted by Crippen LogP contribution is 2.41. The zero-order chi connectivity index (χ0) is 13.2. The van der Waals surface area contributed by atoms with Crippen LogP contribution in [0.1, 0.15) is 33.1 Å². The molecule has 1 aliphatic carbocycles. The van der Waals surface area contributed by atoms with E-state index in [0.717, 1.165) is 51.4 Å². The maximum atomic E-state index is 12.4. The summed E-state index contributed by atoms with van der Waals surface area (Å²) in [6.07, 6.45) is 3.20. The minimum absolute atomic E-state index is 0.0243. The SMILES string of the molecule is COC(=O)C1(N2CCNCC2)CCC(C)CC1C. The highest BCUT2D eigenvalue weighted by atomic mass is 16.5. The molecule has 2 rings (SSSR count). The molecule has 1 heterocycles. The van der Waals surface area contributed by atoms with Gasteiger partial charge in [-0.25, -0.2) is 0 Å². The number of hydrogen-bond acceptors (Lipinski definition) is 4. The van der Waals surface area contributed by atoms with Crippen LogP contribution in [0.4, 0.5) is 0 Å². The molecular formula is C14H26N2O2. The van der Waals surface area contributed by atoms with Crippen molar-refractivity contribution in [3.63, 3.8) is 0 Å². The van der Waals surface area contributed by atoms with Crippen molar-refractivity contribution in [3.05, 3.63) is 0 Å². The summed E-state index contributed by atoms with van der Waals surface area (Å²) in [7, 11) is 1.52. The Balaban J connectivity index is 2.24. The number of nitrogens with zero attached hydrogens (tertiary/aromatic N) is 1. The van der Waals surface area contributed by atoms with E-state index < -0.39 is 0 Å². The van der Waals surface area contributed by atoms with Crippen molar-refractivity contribution in [2.24, 2.45) is 11.8 Å². The summed E-state index contributed by atoms with van der Waals surface area (Å²) in [4.78, 5) is 14.8. The molecule has 18 heavy (non-hydrogen) atoms. The van der Waals surface area contributed by atoms with Gasteiger partial charge in [0.1, 0.15) is 5.54 Å². The Hall–Kier alpha value is -0.610. The Bertz CT molecular complexity index is 302. The van der Waals surface area contributed by atoms with Crippen LogP contribution in [0.3, 0.4) is 0 Å². The third kappa shape index (κ3) is 2.28. The summed E-state index contributed by atoms with van der Waals surface area (Å²) >= 11 is 0. The summed E-state index contributed by atoms with van der Waals surface area (Å²) < 4.78 is 5.15. The van der Waals surface area contributed by atoms with Gasteiger partial charge in [-0.3, -0.25) is 9.69 Å². The van der Waals surface area contributed by atoms with Crippen LogP contribution in [-0.2, 0) is 9.53 Å². The number of esters is 1. The summed E-state index contributed by atoms with van der Waals surface area (Å²) in [5.74, 6) is 1.08. The first kappa shape index (κ1) is 13.8. The van der Waals surface area contributed by atoms with Gasteiger partial charge in [-0.1, -0.05) is 13.8 Å². The molecule has 104 valence electrons. The van der Waals surface area contributed by atoms with E-state index in [4.69, 9.17) is 4.74 Å². The van der Waals surface area contributed by atoms with Gasteiger partial charge in [0.05, 0.1) is 7.11 Å². The quantitative estimate of drug-likeness (QED) is 0.753. The van der Waals surface area contributed by atoms with Crippen molar-refractivity contribution >= 4 is 5.97 Å². The number of hydrogen-bond donors (Lipinski definition) is 1. The minimum Gasteiger partial charge on any atom is -0.468 e. The van der Waals surface area contributed by atoms with Crippen molar-refractivity contribution in [3.8, 4) is 0 Å². The highest BCUT2D eigenvalue weighted by molar-refractivity contribution is 5.81. The molecule has 0 aromatic carbocycles. The lowest BCUT2D eigenvalue weighted by atomic mass is 9.68. The predicted octanol–water partition coefficient (Wildman–Crippen LogP) is 1.26. The average molecular weight is 254 g/mol. The van der Waals surface area contributed by atoms with Crippen molar-refractivity contribution in [2.75, 3.05) is 33.3 Å². The molecule has 1 N–H and O–H groups in total. The number of carbonyl (C=O) groups excluding carboxylic acids is 1. The van der Waals surface area contributed by atoms with Gasteiger partial charge in [0.25, 0.3) is 0 Å². The number of nitrogens with one attached hydrogen (secondary N) is 1. The molecule has 1 saturated carbocycles. The van der Waals surface area contributed by atoms with Crippen LogP contribution in [0.25, 0.3) is 0 Å². The number of methoxy groups -OCH3 is 1. The minimum atomic E-state index is -0.372. The fourth-order valence-electron chi connectivity index (χ4n) is 3.77. The molecule has 0 spiro atoms. The van der Waals surface area contributed by atoms with Gasteiger partial charge in [-0.05, 0) is 31.1 Å². The molecular weight excluding hydrogens is 228 g/mol. The van der Waals surface area contributed by atoms with E-state index in [0.29, 0.717) is 5.92 Å². The molecule has 0 radical (unpaired) electrons. The number of carbonyl (C=O) groups is 1. The molecule has 2 aliphatic rings. The molecule has 3 atom stereocenters. The van der Waals surface area contributed by atoms with Crippen LogP contribution in [-0.4, -0.2) is 49.7 Å². The molecule has 4 nitrogen and oxygen atoms in total. The van der Waals surface area contributed by atoms with Crippen LogP contribution < -0.4 is 5.32 Å². The van der Waals surface area contributed by atoms with E-state index in [1.807, 2.05) is 0 Å². The standard InChI is InChI=1S/C14H26N2O2/c1-11-4-5-14(12(2)10-11,13(17)18-3)16-8-6-15-7-9-16/h11-12,15H,4-10H2,1-3H3. The monoisotopic (exact) mass is 254 g/mol. The summed E-state index contributed by atoms with van der Waals surface area (Å²) in [5, 5.41) is 3.36. The largest absolute Gasteiger partial charge is 0.468 e. The number of rotatable bonds is 2. The van der Waals surface area contributed by atoms with E-state index >= 15 is 0 Å². The lowest BCUT2D eigenvalue weighted by molar-refractivity contribution is -0.164. The first-order valence-electron chi connectivity index (χ1n) is 7.15. The van der Waals surface area contributed by atoms with Gasteiger partial charge in [0.15, 0.2) is 0 Å². The maximum absolute atomic E-state index is 12.4. The zero-order valence-electron chi connectivity index (χ0n) is 11.9. The fourth-order valence-corrected chi connectivity index (χ4v) is 3.77. The summed E-state index contributed by atoms with van der Waals surface area (Å²) in [6.45, 7) is 8.35. The van der Waals surface area contributed by atoms with Gasteiger partial charge in [0, 0.05) is 26.2 Å². The van der Waals surface area contributed by atoms with Crippen LogP contribution in [0, 0.1) is 11.8 Å². The van der Waals surface area contributed by atoms with Gasteiger partial charge in [-0.15, -0.1) is 0 Å². The van der Waals surface area contributed by atoms with Crippen molar-refractivity contribution in [2.45, 2.75) is 38.6 Å². The van der Waals surface area contributed by atoms with Gasteiger partial charge >= 0.3 is 5.97 Å². The molecule has 0 aromatic heterocycles. The van der Waals surface area contributed by atoms with Gasteiger partial charge < -0.3 is 10.1 Å². The predicted molar refractivity (Wildman–Crippen MR) is 71.4 cm³/mol. The van der Waals surface area contributed by atoms with Gasteiger partial charge in [-0.2, -0.15) is 0 Å². The number of ether oxygens (including phenoxy) is 1. The van der Waals surface area contributed by atoms with Crippen molar-refractivity contribution < 1.29 is 9.53 Å². The second-order valence-corrected chi connectivity index (χ2v) is 5.93. The smallest absolute Gasteiger partial charge is 0.326 e. The fraction of sp³-hybridized carbons (Fsp3) is 0.929. The topological polar surface area (TPSA) is 41.6 Å². The Labute approximate surface area is 110 Å².